The van der Waals surface area contributed by atoms with Gasteiger partial charge in [0.1, 0.15) is 18.1 Å². The van der Waals surface area contributed by atoms with Crippen molar-refractivity contribution in [2.45, 2.75) is 39.6 Å². The molecule has 1 amide bonds. The molecule has 0 saturated heterocycles. The average molecular weight is 449 g/mol. The fraction of sp³-hybridized carbons (Fsp3) is 0.318. The number of rotatable bonds is 9. The number of pyridine rings is 1. The predicted molar refractivity (Wildman–Crippen MR) is 108 cm³/mol. The number of halogens is 3. The number of aryl methyl sites for hydroxylation is 2. The lowest BCUT2D eigenvalue weighted by Crippen LogP contribution is -2.25. The van der Waals surface area contributed by atoms with E-state index in [1.54, 1.807) is 36.4 Å². The third-order valence-corrected chi connectivity index (χ3v) is 4.55. The quantitative estimate of drug-likeness (QED) is 0.530. The second kappa shape index (κ2) is 10.2. The number of benzene rings is 1. The molecule has 1 N–H and O–H groups in total. The normalized spacial score (nSPS) is 11.3. The van der Waals surface area contributed by atoms with Crippen LogP contribution in [-0.2, 0) is 24.4 Å². The van der Waals surface area contributed by atoms with Crippen molar-refractivity contribution in [1.82, 2.24) is 15.5 Å². The zero-order chi connectivity index (χ0) is 23.1. The molecule has 0 atom stereocenters. The molecule has 0 bridgehead atoms. The summed E-state index contributed by atoms with van der Waals surface area (Å²) >= 11 is 0. The van der Waals surface area contributed by atoms with E-state index in [9.17, 15) is 18.0 Å². The topological polar surface area (TPSA) is 86.5 Å². The molecule has 1 aromatic carbocycles. The third-order valence-electron chi connectivity index (χ3n) is 4.55. The minimum atomic E-state index is -4.47. The largest absolute Gasteiger partial charge is 0.489 e. The van der Waals surface area contributed by atoms with Crippen LogP contribution in [0, 0.1) is 13.8 Å². The van der Waals surface area contributed by atoms with Gasteiger partial charge in [-0.3, -0.25) is 4.79 Å². The molecule has 3 rings (SSSR count). The second-order valence-electron chi connectivity index (χ2n) is 7.06. The lowest BCUT2D eigenvalue weighted by Gasteiger charge is -2.12. The summed E-state index contributed by atoms with van der Waals surface area (Å²) in [5.41, 5.74) is 2.78. The van der Waals surface area contributed by atoms with Crippen molar-refractivity contribution in [3.63, 3.8) is 0 Å². The van der Waals surface area contributed by atoms with Crippen LogP contribution >= 0.6 is 0 Å². The highest BCUT2D eigenvalue weighted by Gasteiger charge is 2.29. The van der Waals surface area contributed by atoms with Crippen molar-refractivity contribution in [2.24, 2.45) is 0 Å². The van der Waals surface area contributed by atoms with E-state index in [2.05, 4.69) is 15.5 Å². The summed E-state index contributed by atoms with van der Waals surface area (Å²) in [6.07, 6.45) is -3.05. The highest BCUT2D eigenvalue weighted by molar-refractivity contribution is 5.78. The van der Waals surface area contributed by atoms with Crippen molar-refractivity contribution in [3.05, 3.63) is 70.7 Å². The Morgan fingerprint density at radius 2 is 1.88 bits per heavy atom. The van der Waals surface area contributed by atoms with Gasteiger partial charge in [-0.2, -0.15) is 13.2 Å². The van der Waals surface area contributed by atoms with Crippen LogP contribution in [0.4, 0.5) is 13.2 Å². The summed E-state index contributed by atoms with van der Waals surface area (Å²) < 4.78 is 52.7. The first-order valence-electron chi connectivity index (χ1n) is 9.75. The van der Waals surface area contributed by atoms with Crippen molar-refractivity contribution in [2.75, 3.05) is 6.61 Å². The van der Waals surface area contributed by atoms with E-state index in [0.29, 0.717) is 23.7 Å². The summed E-state index contributed by atoms with van der Waals surface area (Å²) in [6.45, 7) is 2.53. The van der Waals surface area contributed by atoms with Gasteiger partial charge >= 0.3 is 6.18 Å². The van der Waals surface area contributed by atoms with Gasteiger partial charge in [0.15, 0.2) is 6.61 Å². The Morgan fingerprint density at radius 3 is 2.53 bits per heavy atom. The molecule has 2 aromatic heterocycles. The number of amides is 1. The molecular formula is C22H22F3N3O4. The number of ether oxygens (including phenoxy) is 2. The second-order valence-corrected chi connectivity index (χ2v) is 7.06. The van der Waals surface area contributed by atoms with E-state index in [1.165, 1.54) is 6.20 Å². The molecule has 32 heavy (non-hydrogen) atoms. The predicted octanol–water partition coefficient (Wildman–Crippen LogP) is 4.07. The van der Waals surface area contributed by atoms with Crippen LogP contribution < -0.4 is 14.8 Å². The van der Waals surface area contributed by atoms with Gasteiger partial charge in [-0.25, -0.2) is 4.98 Å². The highest BCUT2D eigenvalue weighted by Crippen LogP contribution is 2.20. The number of carbonyl (C=O) groups is 1. The Morgan fingerprint density at radius 1 is 1.12 bits per heavy atom. The standard InChI is InChI=1S/C22H22F3N3O4/c1-14-19(15(2)32-28-14)12-30-18-7-5-16(6-8-18)10-20(29)27-11-17-4-3-9-26-21(17)31-13-22(23,24)25/h3-9H,10-13H2,1-2H3,(H,27,29). The maximum Gasteiger partial charge on any atom is 0.422 e. The number of nitrogens with one attached hydrogen (secondary N) is 1. The Labute approximate surface area is 182 Å². The van der Waals surface area contributed by atoms with Gasteiger partial charge in [-0.15, -0.1) is 0 Å². The number of carbonyl (C=O) groups excluding carboxylic acids is 1. The summed E-state index contributed by atoms with van der Waals surface area (Å²) in [6, 6.07) is 10.2. The molecule has 0 aliphatic rings. The lowest BCUT2D eigenvalue weighted by atomic mass is 10.1. The van der Waals surface area contributed by atoms with Crippen molar-refractivity contribution in [3.8, 4) is 11.6 Å². The maximum absolute atomic E-state index is 12.4. The monoisotopic (exact) mass is 449 g/mol. The van der Waals surface area contributed by atoms with E-state index in [-0.39, 0.29) is 24.8 Å². The number of hydrogen-bond acceptors (Lipinski definition) is 6. The summed E-state index contributed by atoms with van der Waals surface area (Å²) in [7, 11) is 0. The van der Waals surface area contributed by atoms with Crippen molar-refractivity contribution >= 4 is 5.91 Å². The van der Waals surface area contributed by atoms with Gasteiger partial charge in [-0.1, -0.05) is 23.4 Å². The van der Waals surface area contributed by atoms with Crippen molar-refractivity contribution in [1.29, 1.82) is 0 Å². The molecule has 7 nitrogen and oxygen atoms in total. The molecule has 3 aromatic rings. The summed E-state index contributed by atoms with van der Waals surface area (Å²) in [5.74, 6) is 0.886. The highest BCUT2D eigenvalue weighted by atomic mass is 19.4. The smallest absolute Gasteiger partial charge is 0.422 e. The van der Waals surface area contributed by atoms with Crippen LogP contribution in [0.2, 0.25) is 0 Å². The molecule has 0 aliphatic carbocycles. The Kier molecular flexibility index (Phi) is 7.34. The molecular weight excluding hydrogens is 427 g/mol. The van der Waals surface area contributed by atoms with Crippen molar-refractivity contribution < 1.29 is 32.0 Å². The minimum Gasteiger partial charge on any atom is -0.489 e. The van der Waals surface area contributed by atoms with Crippen LogP contribution in [0.25, 0.3) is 0 Å². The minimum absolute atomic E-state index is 0.00149. The number of hydrogen-bond donors (Lipinski definition) is 1. The van der Waals surface area contributed by atoms with Gasteiger partial charge < -0.3 is 19.3 Å². The molecule has 10 heteroatoms. The van der Waals surface area contributed by atoms with Gasteiger partial charge in [-0.05, 0) is 37.6 Å². The first-order chi connectivity index (χ1) is 15.2. The van der Waals surface area contributed by atoms with Gasteiger partial charge in [0.25, 0.3) is 0 Å². The number of alkyl halides is 3. The first kappa shape index (κ1) is 23.1. The van der Waals surface area contributed by atoms with Crippen LogP contribution in [0.1, 0.15) is 28.1 Å². The molecule has 0 unspecified atom stereocenters. The average Bonchev–Trinajstić information content (AvgIpc) is 3.07. The molecule has 0 spiro atoms. The summed E-state index contributed by atoms with van der Waals surface area (Å²) in [4.78, 5) is 16.1. The molecule has 0 aliphatic heterocycles. The zero-order valence-corrected chi connectivity index (χ0v) is 17.5. The van der Waals surface area contributed by atoms with E-state index in [0.717, 1.165) is 16.8 Å². The van der Waals surface area contributed by atoms with Gasteiger partial charge in [0, 0.05) is 18.3 Å². The number of nitrogens with zero attached hydrogens (tertiary/aromatic N) is 2. The molecule has 0 radical (unpaired) electrons. The Balaban J connectivity index is 1.49. The molecule has 0 saturated carbocycles. The van der Waals surface area contributed by atoms with Crippen LogP contribution in [-0.4, -0.2) is 28.8 Å². The van der Waals surface area contributed by atoms with E-state index in [4.69, 9.17) is 14.0 Å². The van der Waals surface area contributed by atoms with E-state index >= 15 is 0 Å². The van der Waals surface area contributed by atoms with E-state index in [1.807, 2.05) is 13.8 Å². The zero-order valence-electron chi connectivity index (χ0n) is 17.5. The molecule has 0 fully saturated rings. The summed E-state index contributed by atoms with van der Waals surface area (Å²) in [5, 5.41) is 6.55. The van der Waals surface area contributed by atoms with E-state index < -0.39 is 12.8 Å². The molecule has 2 heterocycles. The van der Waals surface area contributed by atoms with Crippen LogP contribution in [0.15, 0.2) is 47.1 Å². The van der Waals surface area contributed by atoms with Gasteiger partial charge in [0.05, 0.1) is 17.7 Å². The fourth-order valence-corrected chi connectivity index (χ4v) is 2.85. The van der Waals surface area contributed by atoms with Gasteiger partial charge in [0.2, 0.25) is 11.8 Å². The maximum atomic E-state index is 12.4. The molecule has 170 valence electrons. The Hall–Kier alpha value is -3.56. The fourth-order valence-electron chi connectivity index (χ4n) is 2.85. The number of aromatic nitrogens is 2. The van der Waals surface area contributed by atoms with Crippen LogP contribution in [0.3, 0.4) is 0 Å². The SMILES string of the molecule is Cc1noc(C)c1COc1ccc(CC(=O)NCc2cccnc2OCC(F)(F)F)cc1. The first-order valence-corrected chi connectivity index (χ1v) is 9.75. The third kappa shape index (κ3) is 6.73. The lowest BCUT2D eigenvalue weighted by molar-refractivity contribution is -0.154. The Bertz CT molecular complexity index is 1030. The van der Waals surface area contributed by atoms with Crippen LogP contribution in [0.5, 0.6) is 11.6 Å².